The summed E-state index contributed by atoms with van der Waals surface area (Å²) in [4.78, 5) is 36.8. The van der Waals surface area contributed by atoms with Crippen molar-refractivity contribution in [3.05, 3.63) is 63.4 Å². The average Bonchev–Trinajstić information content (AvgIpc) is 2.71. The number of hydrogen-bond acceptors (Lipinski definition) is 4. The zero-order chi connectivity index (χ0) is 21.7. The summed E-state index contributed by atoms with van der Waals surface area (Å²) in [5.74, 6) is -1.09. The van der Waals surface area contributed by atoms with Crippen LogP contribution in [0.2, 0.25) is 10.0 Å². The third-order valence-electron chi connectivity index (χ3n) is 4.39. The standard InChI is InChI=1S/C20H18Cl2FN3O3S/c21-11-4-5-12(14(22)8-11)20(29)25-9-17(27)24-10-18(28)26-16-6-7-30-19-13(16)2-1-3-15(19)23/h1-5,8,16H,6-7,9-10H2,(H,24,27)(H,25,29)(H,26,28). The first kappa shape index (κ1) is 22.4. The molecule has 0 aliphatic carbocycles. The smallest absolute Gasteiger partial charge is 0.253 e. The quantitative estimate of drug-likeness (QED) is 0.605. The van der Waals surface area contributed by atoms with Crippen molar-refractivity contribution < 1.29 is 18.8 Å². The van der Waals surface area contributed by atoms with Crippen LogP contribution in [-0.4, -0.2) is 36.6 Å². The number of amides is 3. The van der Waals surface area contributed by atoms with Gasteiger partial charge in [-0.15, -0.1) is 11.8 Å². The highest BCUT2D eigenvalue weighted by atomic mass is 35.5. The van der Waals surface area contributed by atoms with Gasteiger partial charge in [-0.2, -0.15) is 0 Å². The fourth-order valence-corrected chi connectivity index (χ4v) is 4.59. The highest BCUT2D eigenvalue weighted by Gasteiger charge is 2.24. The molecule has 0 aromatic heterocycles. The molecule has 0 bridgehead atoms. The summed E-state index contributed by atoms with van der Waals surface area (Å²) in [6.45, 7) is -0.579. The molecule has 1 heterocycles. The number of rotatable bonds is 6. The zero-order valence-electron chi connectivity index (χ0n) is 15.6. The van der Waals surface area contributed by atoms with Gasteiger partial charge in [0.05, 0.1) is 29.7 Å². The number of hydrogen-bond donors (Lipinski definition) is 3. The van der Waals surface area contributed by atoms with Gasteiger partial charge in [0.25, 0.3) is 5.91 Å². The summed E-state index contributed by atoms with van der Waals surface area (Å²) in [7, 11) is 0. The van der Waals surface area contributed by atoms with E-state index >= 15 is 0 Å². The van der Waals surface area contributed by atoms with Crippen molar-refractivity contribution in [1.82, 2.24) is 16.0 Å². The highest BCUT2D eigenvalue weighted by molar-refractivity contribution is 7.99. The summed E-state index contributed by atoms with van der Waals surface area (Å²) in [6.07, 6.45) is 0.665. The first-order valence-corrected chi connectivity index (χ1v) is 10.8. The Labute approximate surface area is 186 Å². The summed E-state index contributed by atoms with van der Waals surface area (Å²) >= 11 is 13.2. The summed E-state index contributed by atoms with van der Waals surface area (Å²) in [5.41, 5.74) is 0.922. The van der Waals surface area contributed by atoms with Crippen LogP contribution in [0.3, 0.4) is 0 Å². The molecule has 1 atom stereocenters. The molecule has 0 saturated carbocycles. The van der Waals surface area contributed by atoms with Gasteiger partial charge in [-0.3, -0.25) is 14.4 Å². The van der Waals surface area contributed by atoms with E-state index in [0.717, 1.165) is 5.56 Å². The molecular formula is C20H18Cl2FN3O3S. The number of benzene rings is 2. The lowest BCUT2D eigenvalue weighted by Crippen LogP contribution is -2.43. The molecule has 3 rings (SSSR count). The van der Waals surface area contributed by atoms with Gasteiger partial charge in [0.1, 0.15) is 5.82 Å². The Morgan fingerprint density at radius 2 is 1.83 bits per heavy atom. The summed E-state index contributed by atoms with van der Waals surface area (Å²) in [6, 6.07) is 8.86. The van der Waals surface area contributed by atoms with Crippen LogP contribution in [0.1, 0.15) is 28.4 Å². The zero-order valence-corrected chi connectivity index (χ0v) is 18.0. The fourth-order valence-electron chi connectivity index (χ4n) is 2.95. The summed E-state index contributed by atoms with van der Waals surface area (Å²) < 4.78 is 13.9. The molecule has 0 saturated heterocycles. The second kappa shape index (κ2) is 10.1. The highest BCUT2D eigenvalue weighted by Crippen LogP contribution is 2.37. The van der Waals surface area contributed by atoms with Crippen molar-refractivity contribution in [3.63, 3.8) is 0 Å². The molecule has 10 heteroatoms. The molecule has 2 aromatic carbocycles. The molecule has 3 amide bonds. The van der Waals surface area contributed by atoms with Crippen LogP contribution in [0.15, 0.2) is 41.3 Å². The van der Waals surface area contributed by atoms with E-state index in [0.29, 0.717) is 22.1 Å². The number of carbonyl (C=O) groups is 3. The van der Waals surface area contributed by atoms with Crippen LogP contribution < -0.4 is 16.0 Å². The topological polar surface area (TPSA) is 87.3 Å². The fraction of sp³-hybridized carbons (Fsp3) is 0.250. The van der Waals surface area contributed by atoms with Crippen molar-refractivity contribution in [2.45, 2.75) is 17.4 Å². The molecule has 1 aliphatic heterocycles. The third kappa shape index (κ3) is 5.65. The molecule has 1 aliphatic rings. The third-order valence-corrected chi connectivity index (χ3v) is 6.10. The normalized spacial score (nSPS) is 15.1. The maximum absolute atomic E-state index is 13.9. The summed E-state index contributed by atoms with van der Waals surface area (Å²) in [5, 5.41) is 8.24. The van der Waals surface area contributed by atoms with Crippen LogP contribution >= 0.6 is 35.0 Å². The molecule has 0 fully saturated rings. The Morgan fingerprint density at radius 1 is 1.07 bits per heavy atom. The van der Waals surface area contributed by atoms with Crippen molar-refractivity contribution in [1.29, 1.82) is 0 Å². The molecule has 2 aromatic rings. The van der Waals surface area contributed by atoms with Crippen LogP contribution in [0.25, 0.3) is 0 Å². The average molecular weight is 470 g/mol. The van der Waals surface area contributed by atoms with Gasteiger partial charge >= 0.3 is 0 Å². The molecule has 3 N–H and O–H groups in total. The van der Waals surface area contributed by atoms with Crippen molar-refractivity contribution >= 4 is 52.7 Å². The van der Waals surface area contributed by atoms with Gasteiger partial charge in [-0.25, -0.2) is 4.39 Å². The van der Waals surface area contributed by atoms with E-state index in [9.17, 15) is 18.8 Å². The van der Waals surface area contributed by atoms with E-state index in [4.69, 9.17) is 23.2 Å². The number of halogens is 3. The minimum atomic E-state index is -0.533. The number of carbonyl (C=O) groups excluding carboxylic acids is 3. The lowest BCUT2D eigenvalue weighted by Gasteiger charge is -2.26. The first-order chi connectivity index (χ1) is 14.3. The van der Waals surface area contributed by atoms with Crippen LogP contribution in [0.5, 0.6) is 0 Å². The second-order valence-electron chi connectivity index (χ2n) is 6.50. The van der Waals surface area contributed by atoms with E-state index in [1.165, 1.54) is 36.0 Å². The molecule has 30 heavy (non-hydrogen) atoms. The monoisotopic (exact) mass is 469 g/mol. The molecule has 0 spiro atoms. The van der Waals surface area contributed by atoms with Gasteiger partial charge in [0.15, 0.2) is 0 Å². The van der Waals surface area contributed by atoms with Crippen LogP contribution in [0.4, 0.5) is 4.39 Å². The molecule has 158 valence electrons. The van der Waals surface area contributed by atoms with Gasteiger partial charge in [0, 0.05) is 15.7 Å². The Morgan fingerprint density at radius 3 is 2.60 bits per heavy atom. The Balaban J connectivity index is 1.46. The van der Waals surface area contributed by atoms with Crippen molar-refractivity contribution in [2.75, 3.05) is 18.8 Å². The first-order valence-electron chi connectivity index (χ1n) is 9.05. The predicted molar refractivity (Wildman–Crippen MR) is 114 cm³/mol. The lowest BCUT2D eigenvalue weighted by molar-refractivity contribution is -0.126. The van der Waals surface area contributed by atoms with Crippen molar-refractivity contribution in [3.8, 4) is 0 Å². The minimum Gasteiger partial charge on any atom is -0.348 e. The van der Waals surface area contributed by atoms with Gasteiger partial charge < -0.3 is 16.0 Å². The van der Waals surface area contributed by atoms with E-state index < -0.39 is 17.7 Å². The van der Waals surface area contributed by atoms with E-state index in [2.05, 4.69) is 16.0 Å². The van der Waals surface area contributed by atoms with E-state index in [-0.39, 0.29) is 35.5 Å². The van der Waals surface area contributed by atoms with E-state index in [1.807, 2.05) is 0 Å². The molecular weight excluding hydrogens is 452 g/mol. The Bertz CT molecular complexity index is 990. The molecule has 1 unspecified atom stereocenters. The van der Waals surface area contributed by atoms with E-state index in [1.54, 1.807) is 12.1 Å². The minimum absolute atomic E-state index is 0.169. The molecule has 0 radical (unpaired) electrons. The lowest BCUT2D eigenvalue weighted by atomic mass is 10.0. The SMILES string of the molecule is O=C(CNC(=O)c1ccc(Cl)cc1Cl)NCC(=O)NC1CCSc2c(F)cccc21. The van der Waals surface area contributed by atoms with Crippen molar-refractivity contribution in [2.24, 2.45) is 0 Å². The second-order valence-corrected chi connectivity index (χ2v) is 8.45. The Kier molecular flexibility index (Phi) is 7.58. The maximum Gasteiger partial charge on any atom is 0.253 e. The Hall–Kier alpha value is -2.29. The molecule has 6 nitrogen and oxygen atoms in total. The number of thioether (sulfide) groups is 1. The van der Waals surface area contributed by atoms with Crippen LogP contribution in [-0.2, 0) is 9.59 Å². The number of nitrogens with one attached hydrogen (secondary N) is 3. The maximum atomic E-state index is 13.9. The van der Waals surface area contributed by atoms with Gasteiger partial charge in [-0.05, 0) is 36.2 Å². The predicted octanol–water partition coefficient (Wildman–Crippen LogP) is 3.33. The number of fused-ring (bicyclic) bond motifs is 1. The van der Waals surface area contributed by atoms with Gasteiger partial charge in [-0.1, -0.05) is 35.3 Å². The van der Waals surface area contributed by atoms with Crippen LogP contribution in [0, 0.1) is 5.82 Å². The largest absolute Gasteiger partial charge is 0.348 e. The van der Waals surface area contributed by atoms with Gasteiger partial charge in [0.2, 0.25) is 11.8 Å².